The number of para-hydroxylation sites is 1. The van der Waals surface area contributed by atoms with E-state index in [-0.39, 0.29) is 11.4 Å². The molecular formula is C16H14N4O3. The van der Waals surface area contributed by atoms with Gasteiger partial charge in [0, 0.05) is 17.5 Å². The van der Waals surface area contributed by atoms with E-state index in [0.717, 1.165) is 5.52 Å². The van der Waals surface area contributed by atoms with E-state index in [0.29, 0.717) is 11.1 Å². The van der Waals surface area contributed by atoms with Crippen LogP contribution in [0.5, 0.6) is 0 Å². The fraction of sp³-hybridized carbons (Fsp3) is 0.188. The van der Waals surface area contributed by atoms with Crippen LogP contribution in [0.1, 0.15) is 28.9 Å². The van der Waals surface area contributed by atoms with Crippen molar-refractivity contribution in [2.45, 2.75) is 19.4 Å². The van der Waals surface area contributed by atoms with Gasteiger partial charge in [0.25, 0.3) is 5.91 Å². The summed E-state index contributed by atoms with van der Waals surface area (Å²) in [6.45, 7) is 3.18. The number of aromatic amines is 1. The summed E-state index contributed by atoms with van der Waals surface area (Å²) in [5.74, 6) is 2.65. The number of benzene rings is 1. The van der Waals surface area contributed by atoms with E-state index in [1.165, 1.54) is 6.92 Å². The molecule has 0 spiro atoms. The van der Waals surface area contributed by atoms with E-state index in [1.54, 1.807) is 19.1 Å². The smallest absolute Gasteiger partial charge is 0.283 e. The maximum atomic E-state index is 12.1. The van der Waals surface area contributed by atoms with Crippen molar-refractivity contribution in [2.24, 2.45) is 0 Å². The van der Waals surface area contributed by atoms with E-state index in [4.69, 9.17) is 4.52 Å². The molecule has 3 N–H and O–H groups in total. The number of nitrogens with zero attached hydrogens (tertiary/aromatic N) is 2. The molecule has 3 rings (SSSR count). The molecule has 0 saturated carbocycles. The molecule has 0 aliphatic carbocycles. The molecule has 7 nitrogen and oxygen atoms in total. The van der Waals surface area contributed by atoms with Gasteiger partial charge < -0.3 is 9.63 Å². The first-order chi connectivity index (χ1) is 11.0. The largest absolute Gasteiger partial charge is 0.372 e. The van der Waals surface area contributed by atoms with E-state index >= 15 is 0 Å². The summed E-state index contributed by atoms with van der Waals surface area (Å²) in [5, 5.41) is 23.8. The standard InChI is InChI=1S/C16H14N4O3/c1-10-9-13(20-23-10)16(2,22)7-8-17-15(21)14-11-5-3-4-6-12(11)18-19-14/h3-6,9,22H,1-2H3,(H,17,21)(H,18,19)/t16-/m1/s1. The van der Waals surface area contributed by atoms with Crippen molar-refractivity contribution in [3.63, 3.8) is 0 Å². The van der Waals surface area contributed by atoms with Gasteiger partial charge in [-0.3, -0.25) is 15.2 Å². The van der Waals surface area contributed by atoms with Crippen molar-refractivity contribution < 1.29 is 14.4 Å². The Bertz CT molecular complexity index is 927. The van der Waals surface area contributed by atoms with Crippen LogP contribution in [0.3, 0.4) is 0 Å². The van der Waals surface area contributed by atoms with E-state index in [1.807, 2.05) is 18.2 Å². The van der Waals surface area contributed by atoms with Crippen LogP contribution in [0.4, 0.5) is 0 Å². The molecule has 0 bridgehead atoms. The Morgan fingerprint density at radius 3 is 2.96 bits per heavy atom. The summed E-state index contributed by atoms with van der Waals surface area (Å²) < 4.78 is 4.91. The third kappa shape index (κ3) is 2.93. The zero-order chi connectivity index (χ0) is 16.4. The van der Waals surface area contributed by atoms with Crippen molar-refractivity contribution in [3.05, 3.63) is 47.5 Å². The molecular weight excluding hydrogens is 296 g/mol. The summed E-state index contributed by atoms with van der Waals surface area (Å²) in [5.41, 5.74) is -0.247. The van der Waals surface area contributed by atoms with Gasteiger partial charge >= 0.3 is 0 Å². The number of carbonyl (C=O) groups excluding carboxylic acids is 1. The van der Waals surface area contributed by atoms with Crippen LogP contribution in [0.25, 0.3) is 10.9 Å². The second-order valence-electron chi connectivity index (χ2n) is 5.22. The molecule has 0 unspecified atom stereocenters. The normalized spacial score (nSPS) is 13.2. The molecule has 2 aromatic heterocycles. The summed E-state index contributed by atoms with van der Waals surface area (Å²) in [6.07, 6.45) is 0. The van der Waals surface area contributed by atoms with E-state index in [9.17, 15) is 9.90 Å². The van der Waals surface area contributed by atoms with Gasteiger partial charge in [-0.2, -0.15) is 5.10 Å². The van der Waals surface area contributed by atoms with Crippen LogP contribution in [0.2, 0.25) is 0 Å². The number of nitrogens with one attached hydrogen (secondary N) is 2. The number of hydrogen-bond acceptors (Lipinski definition) is 5. The molecule has 7 heteroatoms. The molecule has 2 heterocycles. The first-order valence-electron chi connectivity index (χ1n) is 6.89. The van der Waals surface area contributed by atoms with Gasteiger partial charge in [0.05, 0.1) is 5.52 Å². The number of aromatic nitrogens is 3. The van der Waals surface area contributed by atoms with Crippen molar-refractivity contribution in [2.75, 3.05) is 0 Å². The highest BCUT2D eigenvalue weighted by molar-refractivity contribution is 6.05. The number of rotatable bonds is 2. The van der Waals surface area contributed by atoms with Crippen molar-refractivity contribution in [3.8, 4) is 12.0 Å². The monoisotopic (exact) mass is 310 g/mol. The lowest BCUT2D eigenvalue weighted by Gasteiger charge is -2.11. The molecule has 1 aromatic carbocycles. The minimum Gasteiger partial charge on any atom is -0.372 e. The Morgan fingerprint density at radius 1 is 1.43 bits per heavy atom. The molecule has 0 aliphatic heterocycles. The van der Waals surface area contributed by atoms with Crippen molar-refractivity contribution in [1.82, 2.24) is 20.7 Å². The Labute approximate surface area is 131 Å². The van der Waals surface area contributed by atoms with Crippen LogP contribution < -0.4 is 5.32 Å². The fourth-order valence-corrected chi connectivity index (χ4v) is 2.07. The molecule has 0 saturated heterocycles. The van der Waals surface area contributed by atoms with Crippen molar-refractivity contribution >= 4 is 16.8 Å². The van der Waals surface area contributed by atoms with Gasteiger partial charge in [-0.25, -0.2) is 0 Å². The molecule has 0 aliphatic rings. The maximum Gasteiger partial charge on any atom is 0.283 e. The minimum absolute atomic E-state index is 0.242. The average molecular weight is 310 g/mol. The Morgan fingerprint density at radius 2 is 2.22 bits per heavy atom. The lowest BCUT2D eigenvalue weighted by Crippen LogP contribution is -2.23. The highest BCUT2D eigenvalue weighted by Crippen LogP contribution is 2.19. The third-order valence-corrected chi connectivity index (χ3v) is 3.29. The average Bonchev–Trinajstić information content (AvgIpc) is 3.13. The Kier molecular flexibility index (Phi) is 3.60. The Hall–Kier alpha value is -3.11. The fourth-order valence-electron chi connectivity index (χ4n) is 2.07. The van der Waals surface area contributed by atoms with Gasteiger partial charge in [0.15, 0.2) is 11.3 Å². The van der Waals surface area contributed by atoms with E-state index < -0.39 is 11.5 Å². The second-order valence-corrected chi connectivity index (χ2v) is 5.22. The predicted octanol–water partition coefficient (Wildman–Crippen LogP) is 1.46. The van der Waals surface area contributed by atoms with Gasteiger partial charge in [-0.1, -0.05) is 23.4 Å². The predicted molar refractivity (Wildman–Crippen MR) is 82.1 cm³/mol. The molecule has 1 amide bonds. The van der Waals surface area contributed by atoms with Gasteiger partial charge in [0.2, 0.25) is 0 Å². The van der Waals surface area contributed by atoms with Gasteiger partial charge in [-0.15, -0.1) is 0 Å². The molecule has 3 aromatic rings. The van der Waals surface area contributed by atoms with E-state index in [2.05, 4.69) is 32.6 Å². The van der Waals surface area contributed by atoms with Crippen LogP contribution in [-0.4, -0.2) is 26.4 Å². The zero-order valence-electron chi connectivity index (χ0n) is 12.5. The summed E-state index contributed by atoms with van der Waals surface area (Å²) >= 11 is 0. The second kappa shape index (κ2) is 5.59. The summed E-state index contributed by atoms with van der Waals surface area (Å²) in [6, 6.07) is 11.3. The van der Waals surface area contributed by atoms with Gasteiger partial charge in [-0.05, 0) is 25.8 Å². The van der Waals surface area contributed by atoms with Crippen LogP contribution in [0.15, 0.2) is 34.9 Å². The van der Waals surface area contributed by atoms with Crippen LogP contribution in [0, 0.1) is 18.9 Å². The number of carbonyl (C=O) groups is 1. The van der Waals surface area contributed by atoms with Crippen molar-refractivity contribution in [1.29, 1.82) is 0 Å². The number of hydrogen-bond donors (Lipinski definition) is 3. The number of fused-ring (bicyclic) bond motifs is 1. The third-order valence-electron chi connectivity index (χ3n) is 3.29. The molecule has 116 valence electrons. The first kappa shape index (κ1) is 14.8. The van der Waals surface area contributed by atoms with Crippen LogP contribution in [-0.2, 0) is 5.60 Å². The lowest BCUT2D eigenvalue weighted by molar-refractivity contribution is 0.0969. The Balaban J connectivity index is 1.77. The summed E-state index contributed by atoms with van der Waals surface area (Å²) in [4.78, 5) is 12.1. The number of amides is 1. The SMILES string of the molecule is Cc1cc([C@](C)(O)C#CNC(=O)c2n[nH]c3ccccc23)no1. The molecule has 0 radical (unpaired) electrons. The number of aliphatic hydroxyl groups is 1. The zero-order valence-corrected chi connectivity index (χ0v) is 12.5. The van der Waals surface area contributed by atoms with Crippen LogP contribution >= 0.6 is 0 Å². The molecule has 23 heavy (non-hydrogen) atoms. The molecule has 0 fully saturated rings. The topological polar surface area (TPSA) is 104 Å². The summed E-state index contributed by atoms with van der Waals surface area (Å²) in [7, 11) is 0. The highest BCUT2D eigenvalue weighted by Gasteiger charge is 2.24. The number of aryl methyl sites for hydroxylation is 1. The van der Waals surface area contributed by atoms with Gasteiger partial charge in [0.1, 0.15) is 11.5 Å². The number of H-pyrrole nitrogens is 1. The molecule has 1 atom stereocenters. The minimum atomic E-state index is -1.53. The highest BCUT2D eigenvalue weighted by atomic mass is 16.5. The lowest BCUT2D eigenvalue weighted by atomic mass is 10.0. The first-order valence-corrected chi connectivity index (χ1v) is 6.89. The maximum absolute atomic E-state index is 12.1. The quantitative estimate of drug-likeness (QED) is 0.491.